The Labute approximate surface area is 142 Å². The minimum absolute atomic E-state index is 0.0665. The molecule has 1 fully saturated rings. The largest absolute Gasteiger partial charge is 0.328 e. The maximum Gasteiger partial charge on any atom is 0.271 e. The van der Waals surface area contributed by atoms with Crippen LogP contribution in [0.5, 0.6) is 0 Å². The summed E-state index contributed by atoms with van der Waals surface area (Å²) < 4.78 is 0. The van der Waals surface area contributed by atoms with Crippen molar-refractivity contribution in [1.82, 2.24) is 9.80 Å². The van der Waals surface area contributed by atoms with E-state index in [9.17, 15) is 9.59 Å². The molecular formula is C20H20N2O2. The molecule has 0 unspecified atom stereocenters. The van der Waals surface area contributed by atoms with E-state index in [-0.39, 0.29) is 11.8 Å². The Hall–Kier alpha value is -2.88. The molecule has 4 nitrogen and oxygen atoms in total. The van der Waals surface area contributed by atoms with E-state index in [1.54, 1.807) is 25.1 Å². The predicted molar refractivity (Wildman–Crippen MR) is 93.9 cm³/mol. The van der Waals surface area contributed by atoms with Crippen molar-refractivity contribution < 1.29 is 9.59 Å². The first-order valence-corrected chi connectivity index (χ1v) is 7.93. The highest BCUT2D eigenvalue weighted by Crippen LogP contribution is 2.23. The lowest BCUT2D eigenvalue weighted by Gasteiger charge is -2.38. The summed E-state index contributed by atoms with van der Waals surface area (Å²) in [4.78, 5) is 28.5. The topological polar surface area (TPSA) is 40.6 Å². The van der Waals surface area contributed by atoms with E-state index in [0.29, 0.717) is 12.1 Å². The number of amides is 2. The fourth-order valence-corrected chi connectivity index (χ4v) is 2.90. The van der Waals surface area contributed by atoms with Crippen molar-refractivity contribution in [2.45, 2.75) is 12.5 Å². The third kappa shape index (κ3) is 3.08. The molecule has 2 amide bonds. The van der Waals surface area contributed by atoms with Crippen LogP contribution in [0.1, 0.15) is 11.1 Å². The molecule has 0 radical (unpaired) electrons. The number of likely N-dealkylation sites (N-methyl/N-ethyl adjacent to an activating group) is 2. The maximum absolute atomic E-state index is 12.8. The van der Waals surface area contributed by atoms with Crippen molar-refractivity contribution in [2.24, 2.45) is 0 Å². The van der Waals surface area contributed by atoms with Crippen molar-refractivity contribution in [3.63, 3.8) is 0 Å². The summed E-state index contributed by atoms with van der Waals surface area (Å²) in [5.41, 5.74) is 2.34. The molecule has 1 aliphatic heterocycles. The first-order chi connectivity index (χ1) is 11.6. The molecule has 2 aromatic rings. The van der Waals surface area contributed by atoms with E-state index in [1.165, 1.54) is 4.90 Å². The lowest BCUT2D eigenvalue weighted by molar-refractivity contribution is -0.148. The van der Waals surface area contributed by atoms with Crippen LogP contribution in [0.2, 0.25) is 0 Å². The average Bonchev–Trinajstić information content (AvgIpc) is 2.62. The van der Waals surface area contributed by atoms with E-state index >= 15 is 0 Å². The number of carbonyl (C=O) groups excluding carboxylic acids is 2. The van der Waals surface area contributed by atoms with Gasteiger partial charge in [0.15, 0.2) is 0 Å². The Morgan fingerprint density at radius 2 is 1.50 bits per heavy atom. The Balaban J connectivity index is 1.88. The van der Waals surface area contributed by atoms with E-state index < -0.39 is 6.04 Å². The summed E-state index contributed by atoms with van der Waals surface area (Å²) in [5.74, 6) is -0.204. The van der Waals surface area contributed by atoms with Gasteiger partial charge in [0.1, 0.15) is 11.7 Å². The zero-order valence-electron chi connectivity index (χ0n) is 13.8. The molecule has 1 aliphatic rings. The van der Waals surface area contributed by atoms with Gasteiger partial charge in [0, 0.05) is 20.5 Å². The molecule has 24 heavy (non-hydrogen) atoms. The average molecular weight is 320 g/mol. The number of piperazine rings is 1. The molecular weight excluding hydrogens is 300 g/mol. The third-order valence-electron chi connectivity index (χ3n) is 4.36. The Morgan fingerprint density at radius 3 is 2.12 bits per heavy atom. The van der Waals surface area contributed by atoms with Gasteiger partial charge in [-0.15, -0.1) is 0 Å². The highest BCUT2D eigenvalue weighted by molar-refractivity contribution is 6.07. The van der Waals surface area contributed by atoms with Gasteiger partial charge < -0.3 is 9.80 Å². The molecule has 2 aromatic carbocycles. The molecule has 1 atom stereocenters. The van der Waals surface area contributed by atoms with E-state index in [2.05, 4.69) is 0 Å². The molecule has 1 heterocycles. The molecule has 0 spiro atoms. The molecule has 1 saturated heterocycles. The molecule has 0 N–H and O–H groups in total. The van der Waals surface area contributed by atoms with Crippen molar-refractivity contribution in [1.29, 1.82) is 0 Å². The summed E-state index contributed by atoms with van der Waals surface area (Å²) in [7, 11) is 3.36. The third-order valence-corrected chi connectivity index (χ3v) is 4.36. The Bertz CT molecular complexity index is 769. The molecule has 122 valence electrons. The van der Waals surface area contributed by atoms with Crippen LogP contribution in [0.15, 0.2) is 66.4 Å². The number of hydrogen-bond donors (Lipinski definition) is 0. The van der Waals surface area contributed by atoms with E-state index in [1.807, 2.05) is 60.7 Å². The standard InChI is InChI=1S/C20H20N2O2/c1-21-17(13-15-9-5-3-6-10-15)20(24)22(2)18(19(21)23)14-16-11-7-4-8-12-16/h3-13,18H,14H2,1-2H3/b17-13-/t18-/m0/s1. The van der Waals surface area contributed by atoms with Crippen LogP contribution in [-0.4, -0.2) is 41.8 Å². The van der Waals surface area contributed by atoms with Crippen molar-refractivity contribution in [3.8, 4) is 0 Å². The van der Waals surface area contributed by atoms with Gasteiger partial charge in [0.05, 0.1) is 0 Å². The van der Waals surface area contributed by atoms with Crippen LogP contribution in [0.4, 0.5) is 0 Å². The summed E-state index contributed by atoms with van der Waals surface area (Å²) in [6.07, 6.45) is 2.28. The Morgan fingerprint density at radius 1 is 0.917 bits per heavy atom. The molecule has 0 saturated carbocycles. The van der Waals surface area contributed by atoms with Crippen LogP contribution in [0.3, 0.4) is 0 Å². The van der Waals surface area contributed by atoms with Gasteiger partial charge in [-0.2, -0.15) is 0 Å². The molecule has 4 heteroatoms. The molecule has 0 aromatic heterocycles. The highest BCUT2D eigenvalue weighted by Gasteiger charge is 2.39. The van der Waals surface area contributed by atoms with Crippen molar-refractivity contribution in [2.75, 3.05) is 14.1 Å². The summed E-state index contributed by atoms with van der Waals surface area (Å²) in [6, 6.07) is 18.8. The van der Waals surface area contributed by atoms with E-state index in [4.69, 9.17) is 0 Å². The van der Waals surface area contributed by atoms with E-state index in [0.717, 1.165) is 11.1 Å². The number of rotatable bonds is 3. The number of benzene rings is 2. The zero-order chi connectivity index (χ0) is 17.1. The highest BCUT2D eigenvalue weighted by atomic mass is 16.2. The zero-order valence-corrected chi connectivity index (χ0v) is 13.8. The summed E-state index contributed by atoms with van der Waals surface area (Å²) >= 11 is 0. The smallest absolute Gasteiger partial charge is 0.271 e. The second kappa shape index (κ2) is 6.71. The van der Waals surface area contributed by atoms with Crippen LogP contribution < -0.4 is 0 Å². The predicted octanol–water partition coefficient (Wildman–Crippen LogP) is 2.57. The van der Waals surface area contributed by atoms with Gasteiger partial charge in [0.2, 0.25) is 5.91 Å². The van der Waals surface area contributed by atoms with Crippen LogP contribution in [0.25, 0.3) is 6.08 Å². The molecule has 0 aliphatic carbocycles. The van der Waals surface area contributed by atoms with Gasteiger partial charge in [0.25, 0.3) is 5.91 Å². The van der Waals surface area contributed by atoms with Gasteiger partial charge in [-0.05, 0) is 17.2 Å². The number of hydrogen-bond acceptors (Lipinski definition) is 2. The number of nitrogens with zero attached hydrogens (tertiary/aromatic N) is 2. The summed E-state index contributed by atoms with van der Waals surface area (Å²) in [6.45, 7) is 0. The summed E-state index contributed by atoms with van der Waals surface area (Å²) in [5, 5.41) is 0. The van der Waals surface area contributed by atoms with Crippen LogP contribution in [0, 0.1) is 0 Å². The first kappa shape index (κ1) is 16.0. The second-order valence-corrected chi connectivity index (χ2v) is 5.96. The second-order valence-electron chi connectivity index (χ2n) is 5.96. The van der Waals surface area contributed by atoms with Gasteiger partial charge in [-0.3, -0.25) is 9.59 Å². The lowest BCUT2D eigenvalue weighted by atomic mass is 10.00. The normalized spacial score (nSPS) is 19.9. The van der Waals surface area contributed by atoms with Crippen molar-refractivity contribution in [3.05, 3.63) is 77.5 Å². The maximum atomic E-state index is 12.8. The van der Waals surface area contributed by atoms with Gasteiger partial charge in [-0.1, -0.05) is 60.7 Å². The minimum Gasteiger partial charge on any atom is -0.328 e. The van der Waals surface area contributed by atoms with Gasteiger partial charge >= 0.3 is 0 Å². The van der Waals surface area contributed by atoms with Crippen molar-refractivity contribution >= 4 is 17.9 Å². The molecule has 3 rings (SSSR count). The lowest BCUT2D eigenvalue weighted by Crippen LogP contribution is -2.56. The van der Waals surface area contributed by atoms with Gasteiger partial charge in [-0.25, -0.2) is 0 Å². The fourth-order valence-electron chi connectivity index (χ4n) is 2.90. The monoisotopic (exact) mass is 320 g/mol. The first-order valence-electron chi connectivity index (χ1n) is 7.93. The fraction of sp³-hybridized carbons (Fsp3) is 0.200. The number of carbonyl (C=O) groups is 2. The van der Waals surface area contributed by atoms with Crippen LogP contribution in [-0.2, 0) is 16.0 Å². The SMILES string of the molecule is CN1C(=O)[C@H](Cc2ccccc2)N(C)C(=O)/C1=C/c1ccccc1. The van der Waals surface area contributed by atoms with Crippen LogP contribution >= 0.6 is 0 Å². The molecule has 0 bridgehead atoms. The quantitative estimate of drug-likeness (QED) is 0.816. The minimum atomic E-state index is -0.474. The Kier molecular flexibility index (Phi) is 4.47.